The Labute approximate surface area is 111 Å². The molecule has 0 saturated heterocycles. The zero-order chi connectivity index (χ0) is 13.0. The summed E-state index contributed by atoms with van der Waals surface area (Å²) in [5.74, 6) is 0.755. The lowest BCUT2D eigenvalue weighted by Crippen LogP contribution is -2.39. The van der Waals surface area contributed by atoms with E-state index in [0.717, 1.165) is 19.0 Å². The van der Waals surface area contributed by atoms with Crippen molar-refractivity contribution in [2.45, 2.75) is 45.2 Å². The lowest BCUT2D eigenvalue weighted by atomic mass is 9.98. The maximum Gasteiger partial charge on any atom is 0.0231 e. The highest BCUT2D eigenvalue weighted by Crippen LogP contribution is 2.27. The Bertz CT molecular complexity index is 369. The van der Waals surface area contributed by atoms with Crippen molar-refractivity contribution in [1.82, 2.24) is 4.90 Å². The van der Waals surface area contributed by atoms with Gasteiger partial charge in [-0.3, -0.25) is 0 Å². The average molecular weight is 246 g/mol. The quantitative estimate of drug-likeness (QED) is 0.865. The Morgan fingerprint density at radius 1 is 1.33 bits per heavy atom. The minimum atomic E-state index is 0.349. The molecule has 1 aliphatic carbocycles. The first-order valence-electron chi connectivity index (χ1n) is 7.15. The van der Waals surface area contributed by atoms with Crippen LogP contribution in [0.4, 0.5) is 0 Å². The Kier molecular flexibility index (Phi) is 4.79. The molecule has 2 N–H and O–H groups in total. The van der Waals surface area contributed by atoms with Gasteiger partial charge in [-0.2, -0.15) is 0 Å². The number of benzene rings is 1. The molecular formula is C16H26N2. The highest BCUT2D eigenvalue weighted by atomic mass is 15.1. The van der Waals surface area contributed by atoms with Crippen LogP contribution in [-0.2, 0) is 6.54 Å². The molecule has 1 aromatic rings. The third kappa shape index (κ3) is 3.82. The van der Waals surface area contributed by atoms with Crippen molar-refractivity contribution in [1.29, 1.82) is 0 Å². The van der Waals surface area contributed by atoms with Crippen molar-refractivity contribution in [3.8, 4) is 0 Å². The summed E-state index contributed by atoms with van der Waals surface area (Å²) in [6, 6.07) is 9.09. The van der Waals surface area contributed by atoms with E-state index in [1.165, 1.54) is 36.8 Å². The van der Waals surface area contributed by atoms with Crippen molar-refractivity contribution in [2.75, 3.05) is 13.6 Å². The lowest BCUT2D eigenvalue weighted by molar-refractivity contribution is 0.264. The molecule has 1 aromatic carbocycles. The molecule has 0 aliphatic heterocycles. The molecule has 2 rings (SSSR count). The number of nitrogens with two attached hydrogens (primary N) is 1. The predicted octanol–water partition coefficient (Wildman–Crippen LogP) is 2.94. The van der Waals surface area contributed by atoms with Gasteiger partial charge in [-0.05, 0) is 38.3 Å². The van der Waals surface area contributed by atoms with Gasteiger partial charge in [0.25, 0.3) is 0 Å². The van der Waals surface area contributed by atoms with E-state index in [2.05, 4.69) is 43.1 Å². The summed E-state index contributed by atoms with van der Waals surface area (Å²) >= 11 is 0. The fourth-order valence-electron chi connectivity index (χ4n) is 3.08. The number of likely N-dealkylation sites (N-methyl/N-ethyl adjacent to an activating group) is 1. The van der Waals surface area contributed by atoms with Crippen molar-refractivity contribution < 1.29 is 0 Å². The van der Waals surface area contributed by atoms with Crippen LogP contribution in [-0.4, -0.2) is 24.5 Å². The summed E-state index contributed by atoms with van der Waals surface area (Å²) < 4.78 is 0. The van der Waals surface area contributed by atoms with Crippen LogP contribution >= 0.6 is 0 Å². The van der Waals surface area contributed by atoms with E-state index in [0.29, 0.717) is 6.04 Å². The number of aryl methyl sites for hydroxylation is 1. The molecule has 0 radical (unpaired) electrons. The van der Waals surface area contributed by atoms with Gasteiger partial charge in [0.05, 0.1) is 0 Å². The normalized spacial score (nSPS) is 18.4. The van der Waals surface area contributed by atoms with E-state index in [4.69, 9.17) is 5.73 Å². The molecule has 0 aromatic heterocycles. The number of nitrogens with zero attached hydrogens (tertiary/aromatic N) is 1. The van der Waals surface area contributed by atoms with Crippen LogP contribution in [0.1, 0.15) is 36.8 Å². The fraction of sp³-hybridized carbons (Fsp3) is 0.625. The standard InChI is InChI=1S/C16H26N2/c1-13-6-5-7-14(10-13)11-18(2)12-16(17)15-8-3-4-9-15/h5-7,10,15-16H,3-4,8-9,11-12,17H2,1-2H3. The zero-order valence-corrected chi connectivity index (χ0v) is 11.7. The van der Waals surface area contributed by atoms with Crippen LogP contribution in [0.3, 0.4) is 0 Å². The number of hydrogen-bond acceptors (Lipinski definition) is 2. The summed E-state index contributed by atoms with van der Waals surface area (Å²) in [6.45, 7) is 4.16. The monoisotopic (exact) mass is 246 g/mol. The van der Waals surface area contributed by atoms with E-state index in [1.807, 2.05) is 0 Å². The zero-order valence-electron chi connectivity index (χ0n) is 11.7. The SMILES string of the molecule is Cc1cccc(CN(C)CC(N)C2CCCC2)c1. The van der Waals surface area contributed by atoms with Gasteiger partial charge in [-0.1, -0.05) is 42.7 Å². The van der Waals surface area contributed by atoms with Crippen molar-refractivity contribution >= 4 is 0 Å². The van der Waals surface area contributed by atoms with Crippen LogP contribution in [0.15, 0.2) is 24.3 Å². The third-order valence-corrected chi connectivity index (χ3v) is 4.06. The summed E-state index contributed by atoms with van der Waals surface area (Å²) in [7, 11) is 2.18. The molecule has 0 amide bonds. The second-order valence-electron chi connectivity index (χ2n) is 5.89. The predicted molar refractivity (Wildman–Crippen MR) is 77.4 cm³/mol. The number of hydrogen-bond donors (Lipinski definition) is 1. The van der Waals surface area contributed by atoms with Gasteiger partial charge in [-0.15, -0.1) is 0 Å². The lowest BCUT2D eigenvalue weighted by Gasteiger charge is -2.25. The minimum absolute atomic E-state index is 0.349. The molecule has 1 saturated carbocycles. The van der Waals surface area contributed by atoms with Crippen molar-refractivity contribution in [2.24, 2.45) is 11.7 Å². The molecule has 0 bridgehead atoms. The van der Waals surface area contributed by atoms with Gasteiger partial charge in [0, 0.05) is 19.1 Å². The maximum atomic E-state index is 6.32. The van der Waals surface area contributed by atoms with E-state index in [-0.39, 0.29) is 0 Å². The second kappa shape index (κ2) is 6.35. The van der Waals surface area contributed by atoms with Crippen LogP contribution in [0.5, 0.6) is 0 Å². The van der Waals surface area contributed by atoms with Gasteiger partial charge in [0.15, 0.2) is 0 Å². The van der Waals surface area contributed by atoms with Crippen LogP contribution in [0.25, 0.3) is 0 Å². The summed E-state index contributed by atoms with van der Waals surface area (Å²) in [6.07, 6.45) is 5.42. The van der Waals surface area contributed by atoms with Crippen molar-refractivity contribution in [3.05, 3.63) is 35.4 Å². The molecule has 18 heavy (non-hydrogen) atoms. The molecule has 0 spiro atoms. The van der Waals surface area contributed by atoms with Crippen LogP contribution in [0, 0.1) is 12.8 Å². The Morgan fingerprint density at radius 2 is 2.06 bits per heavy atom. The first-order valence-corrected chi connectivity index (χ1v) is 7.15. The largest absolute Gasteiger partial charge is 0.326 e. The topological polar surface area (TPSA) is 29.3 Å². The smallest absolute Gasteiger partial charge is 0.0231 e. The molecular weight excluding hydrogens is 220 g/mol. The fourth-order valence-corrected chi connectivity index (χ4v) is 3.08. The van der Waals surface area contributed by atoms with E-state index in [1.54, 1.807) is 0 Å². The van der Waals surface area contributed by atoms with Crippen LogP contribution in [0.2, 0.25) is 0 Å². The first kappa shape index (κ1) is 13.6. The van der Waals surface area contributed by atoms with Gasteiger partial charge in [-0.25, -0.2) is 0 Å². The second-order valence-corrected chi connectivity index (χ2v) is 5.89. The Hall–Kier alpha value is -0.860. The summed E-state index contributed by atoms with van der Waals surface area (Å²) in [5.41, 5.74) is 9.04. The highest BCUT2D eigenvalue weighted by molar-refractivity contribution is 5.22. The first-order chi connectivity index (χ1) is 8.65. The number of rotatable bonds is 5. The summed E-state index contributed by atoms with van der Waals surface area (Å²) in [4.78, 5) is 2.36. The molecule has 2 nitrogen and oxygen atoms in total. The van der Waals surface area contributed by atoms with Gasteiger partial charge < -0.3 is 10.6 Å². The minimum Gasteiger partial charge on any atom is -0.326 e. The average Bonchev–Trinajstić information content (AvgIpc) is 2.81. The molecule has 1 atom stereocenters. The summed E-state index contributed by atoms with van der Waals surface area (Å²) in [5, 5.41) is 0. The van der Waals surface area contributed by atoms with Gasteiger partial charge in [0.1, 0.15) is 0 Å². The molecule has 0 heterocycles. The molecule has 1 aliphatic rings. The third-order valence-electron chi connectivity index (χ3n) is 4.06. The highest BCUT2D eigenvalue weighted by Gasteiger charge is 2.22. The maximum absolute atomic E-state index is 6.32. The van der Waals surface area contributed by atoms with Gasteiger partial charge in [0.2, 0.25) is 0 Å². The molecule has 1 fully saturated rings. The Morgan fingerprint density at radius 3 is 2.72 bits per heavy atom. The molecule has 1 unspecified atom stereocenters. The van der Waals surface area contributed by atoms with Gasteiger partial charge >= 0.3 is 0 Å². The van der Waals surface area contributed by atoms with Crippen molar-refractivity contribution in [3.63, 3.8) is 0 Å². The van der Waals surface area contributed by atoms with E-state index >= 15 is 0 Å². The van der Waals surface area contributed by atoms with Crippen LogP contribution < -0.4 is 5.73 Å². The Balaban J connectivity index is 1.82. The van der Waals surface area contributed by atoms with E-state index < -0.39 is 0 Å². The molecule has 100 valence electrons. The van der Waals surface area contributed by atoms with E-state index in [9.17, 15) is 0 Å². The molecule has 2 heteroatoms.